The second-order valence-electron chi connectivity index (χ2n) is 5.96. The molecular weight excluding hydrogens is 329 g/mol. The summed E-state index contributed by atoms with van der Waals surface area (Å²) in [5.74, 6) is 0.152. The van der Waals surface area contributed by atoms with Crippen molar-refractivity contribution in [1.82, 2.24) is 10.2 Å². The molecule has 1 fully saturated rings. The fourth-order valence-electron chi connectivity index (χ4n) is 2.58. The number of nitrogens with zero attached hydrogens (tertiary/aromatic N) is 1. The number of carbonyl (C=O) groups excluding carboxylic acids is 1. The van der Waals surface area contributed by atoms with Crippen LogP contribution in [0, 0.1) is 11.8 Å². The molecule has 2 unspecified atom stereocenters. The minimum atomic E-state index is -4.37. The third-order valence-corrected chi connectivity index (χ3v) is 4.53. The zero-order chi connectivity index (χ0) is 16.5. The highest BCUT2D eigenvalue weighted by atomic mass is 35.5. The van der Waals surface area contributed by atoms with Crippen LogP contribution in [0.1, 0.15) is 31.0 Å². The van der Waals surface area contributed by atoms with Crippen molar-refractivity contribution in [3.05, 3.63) is 35.4 Å². The number of benzene rings is 1. The van der Waals surface area contributed by atoms with E-state index in [-0.39, 0.29) is 24.2 Å². The van der Waals surface area contributed by atoms with E-state index in [2.05, 4.69) is 5.32 Å². The van der Waals surface area contributed by atoms with Gasteiger partial charge < -0.3 is 10.2 Å². The van der Waals surface area contributed by atoms with Crippen molar-refractivity contribution in [2.24, 2.45) is 11.8 Å². The van der Waals surface area contributed by atoms with Gasteiger partial charge in [-0.3, -0.25) is 4.79 Å². The lowest BCUT2D eigenvalue weighted by atomic mass is 9.87. The van der Waals surface area contributed by atoms with Gasteiger partial charge in [0.2, 0.25) is 5.91 Å². The molecule has 0 spiro atoms. The predicted octanol–water partition coefficient (Wildman–Crippen LogP) is 3.50. The second-order valence-corrected chi connectivity index (χ2v) is 5.96. The summed E-state index contributed by atoms with van der Waals surface area (Å²) < 4.78 is 38.4. The zero-order valence-electron chi connectivity index (χ0n) is 13.4. The van der Waals surface area contributed by atoms with Crippen LogP contribution in [0.25, 0.3) is 0 Å². The van der Waals surface area contributed by atoms with Crippen LogP contribution in [0.2, 0.25) is 0 Å². The summed E-state index contributed by atoms with van der Waals surface area (Å²) in [6, 6.07) is 4.77. The lowest BCUT2D eigenvalue weighted by molar-refractivity contribution is -0.138. The minimum absolute atomic E-state index is 0. The maximum atomic E-state index is 12.8. The molecule has 130 valence electrons. The maximum absolute atomic E-state index is 12.8. The van der Waals surface area contributed by atoms with Gasteiger partial charge in [-0.05, 0) is 43.6 Å². The molecule has 1 aliphatic heterocycles. The number of hydrogen-bond donors (Lipinski definition) is 1. The Labute approximate surface area is 140 Å². The van der Waals surface area contributed by atoms with E-state index in [1.165, 1.54) is 6.07 Å². The molecule has 0 aromatic heterocycles. The maximum Gasteiger partial charge on any atom is 0.416 e. The van der Waals surface area contributed by atoms with Crippen LogP contribution in [-0.4, -0.2) is 30.9 Å². The van der Waals surface area contributed by atoms with Gasteiger partial charge in [0.1, 0.15) is 0 Å². The Morgan fingerprint density at radius 1 is 1.30 bits per heavy atom. The van der Waals surface area contributed by atoms with Crippen molar-refractivity contribution in [1.29, 1.82) is 0 Å². The van der Waals surface area contributed by atoms with Crippen molar-refractivity contribution in [2.45, 2.75) is 26.1 Å². The fraction of sp³-hybridized carbons (Fsp3) is 0.562. The molecule has 1 aliphatic rings. The summed E-state index contributed by atoms with van der Waals surface area (Å²) in [5, 5.41) is 3.13. The van der Waals surface area contributed by atoms with Gasteiger partial charge in [0.25, 0.3) is 0 Å². The van der Waals surface area contributed by atoms with E-state index in [0.29, 0.717) is 11.5 Å². The molecule has 0 aliphatic carbocycles. The van der Waals surface area contributed by atoms with Crippen LogP contribution >= 0.6 is 12.4 Å². The monoisotopic (exact) mass is 350 g/mol. The van der Waals surface area contributed by atoms with Crippen LogP contribution in [0.5, 0.6) is 0 Å². The highest BCUT2D eigenvalue weighted by molar-refractivity contribution is 5.85. The van der Waals surface area contributed by atoms with Crippen LogP contribution < -0.4 is 5.32 Å². The number of halogens is 4. The van der Waals surface area contributed by atoms with Crippen LogP contribution in [0.3, 0.4) is 0 Å². The molecule has 1 N–H and O–H groups in total. The van der Waals surface area contributed by atoms with E-state index in [4.69, 9.17) is 0 Å². The Balaban J connectivity index is 0.00000264. The van der Waals surface area contributed by atoms with E-state index in [1.54, 1.807) is 24.9 Å². The number of amides is 1. The molecule has 0 bridgehead atoms. The van der Waals surface area contributed by atoms with E-state index in [1.807, 2.05) is 6.92 Å². The molecule has 23 heavy (non-hydrogen) atoms. The molecule has 0 saturated carbocycles. The number of nitrogens with one attached hydrogen (secondary N) is 1. The topological polar surface area (TPSA) is 32.3 Å². The van der Waals surface area contributed by atoms with Crippen molar-refractivity contribution >= 4 is 18.3 Å². The Morgan fingerprint density at radius 3 is 2.39 bits per heavy atom. The molecule has 2 atom stereocenters. The lowest BCUT2D eigenvalue weighted by Gasteiger charge is -2.36. The molecular formula is C16H22ClF3N2O. The van der Waals surface area contributed by atoms with Crippen molar-refractivity contribution in [2.75, 3.05) is 20.1 Å². The van der Waals surface area contributed by atoms with E-state index >= 15 is 0 Å². The Bertz CT molecular complexity index is 546. The normalized spacial score (nSPS) is 17.7. The van der Waals surface area contributed by atoms with Crippen molar-refractivity contribution in [3.8, 4) is 0 Å². The average molecular weight is 351 g/mol. The SMILES string of the molecule is CC(C(=O)N(C)C(C)c1cccc(C(F)(F)F)c1)C1CNC1.Cl. The third kappa shape index (κ3) is 4.38. The summed E-state index contributed by atoms with van der Waals surface area (Å²) in [6.45, 7) is 5.26. The molecule has 3 nitrogen and oxygen atoms in total. The Kier molecular flexibility index (Phi) is 6.48. The summed E-state index contributed by atoms with van der Waals surface area (Å²) in [6.07, 6.45) is -4.37. The van der Waals surface area contributed by atoms with Gasteiger partial charge in [0.15, 0.2) is 0 Å². The average Bonchev–Trinajstić information content (AvgIpc) is 2.42. The summed E-state index contributed by atoms with van der Waals surface area (Å²) in [5.41, 5.74) is -0.196. The largest absolute Gasteiger partial charge is 0.416 e. The van der Waals surface area contributed by atoms with Crippen LogP contribution in [-0.2, 0) is 11.0 Å². The number of hydrogen-bond acceptors (Lipinski definition) is 2. The highest BCUT2D eigenvalue weighted by Crippen LogP contribution is 2.32. The minimum Gasteiger partial charge on any atom is -0.339 e. The van der Waals surface area contributed by atoms with Gasteiger partial charge >= 0.3 is 6.18 Å². The molecule has 1 heterocycles. The van der Waals surface area contributed by atoms with E-state index < -0.39 is 17.8 Å². The van der Waals surface area contributed by atoms with Crippen LogP contribution in [0.15, 0.2) is 24.3 Å². The molecule has 1 aromatic carbocycles. The first kappa shape index (κ1) is 19.8. The first-order chi connectivity index (χ1) is 10.2. The van der Waals surface area contributed by atoms with E-state index in [9.17, 15) is 18.0 Å². The van der Waals surface area contributed by atoms with Gasteiger partial charge in [-0.2, -0.15) is 13.2 Å². The van der Waals surface area contributed by atoms with E-state index in [0.717, 1.165) is 25.2 Å². The van der Waals surface area contributed by atoms with Gasteiger partial charge in [0.05, 0.1) is 11.6 Å². The van der Waals surface area contributed by atoms with Gasteiger partial charge in [-0.15, -0.1) is 12.4 Å². The molecule has 2 rings (SSSR count). The van der Waals surface area contributed by atoms with Crippen molar-refractivity contribution in [3.63, 3.8) is 0 Å². The zero-order valence-corrected chi connectivity index (χ0v) is 14.2. The molecule has 1 amide bonds. The van der Waals surface area contributed by atoms with Gasteiger partial charge in [0, 0.05) is 13.0 Å². The number of alkyl halides is 3. The predicted molar refractivity (Wildman–Crippen MR) is 85.4 cm³/mol. The third-order valence-electron chi connectivity index (χ3n) is 4.53. The smallest absolute Gasteiger partial charge is 0.339 e. The Morgan fingerprint density at radius 2 is 1.91 bits per heavy atom. The molecule has 7 heteroatoms. The molecule has 1 aromatic rings. The molecule has 1 saturated heterocycles. The van der Waals surface area contributed by atoms with Crippen LogP contribution in [0.4, 0.5) is 13.2 Å². The summed E-state index contributed by atoms with van der Waals surface area (Å²) in [7, 11) is 1.65. The fourth-order valence-corrected chi connectivity index (χ4v) is 2.58. The number of rotatable bonds is 4. The molecule has 0 radical (unpaired) electrons. The van der Waals surface area contributed by atoms with Gasteiger partial charge in [-0.1, -0.05) is 19.1 Å². The highest BCUT2D eigenvalue weighted by Gasteiger charge is 2.33. The summed E-state index contributed by atoms with van der Waals surface area (Å²) >= 11 is 0. The standard InChI is InChI=1S/C16H21F3N2O.ClH/c1-10(13-8-20-9-13)15(22)21(3)11(2)12-5-4-6-14(7-12)16(17,18)19;/h4-7,10-11,13,20H,8-9H2,1-3H3;1H. The van der Waals surface area contributed by atoms with Gasteiger partial charge in [-0.25, -0.2) is 0 Å². The second kappa shape index (κ2) is 7.53. The van der Waals surface area contributed by atoms with Crippen molar-refractivity contribution < 1.29 is 18.0 Å². The summed E-state index contributed by atoms with van der Waals surface area (Å²) in [4.78, 5) is 14.0. The lowest BCUT2D eigenvalue weighted by Crippen LogP contribution is -2.50. The first-order valence-electron chi connectivity index (χ1n) is 7.36. The number of carbonyl (C=O) groups is 1. The Hall–Kier alpha value is -1.27. The quantitative estimate of drug-likeness (QED) is 0.901. The first-order valence-corrected chi connectivity index (χ1v) is 7.36.